The SMILES string of the molecule is O=C1OC(c2ccccc2Br)=N/C1=C/c1ccc(Cl)c([N+](=O)[O-])c1. The van der Waals surface area contributed by atoms with Crippen molar-refractivity contribution in [1.82, 2.24) is 0 Å². The summed E-state index contributed by atoms with van der Waals surface area (Å²) in [5.41, 5.74) is 0.872. The third-order valence-corrected chi connectivity index (χ3v) is 4.21. The third kappa shape index (κ3) is 3.22. The lowest BCUT2D eigenvalue weighted by Crippen LogP contribution is -2.05. The van der Waals surface area contributed by atoms with Gasteiger partial charge in [-0.25, -0.2) is 9.79 Å². The van der Waals surface area contributed by atoms with Gasteiger partial charge in [-0.2, -0.15) is 0 Å². The Kier molecular flexibility index (Phi) is 4.46. The van der Waals surface area contributed by atoms with Crippen LogP contribution in [0.1, 0.15) is 11.1 Å². The van der Waals surface area contributed by atoms with Crippen molar-refractivity contribution < 1.29 is 14.5 Å². The van der Waals surface area contributed by atoms with E-state index in [0.717, 1.165) is 4.47 Å². The lowest BCUT2D eigenvalue weighted by molar-refractivity contribution is -0.384. The third-order valence-electron chi connectivity index (χ3n) is 3.20. The van der Waals surface area contributed by atoms with Crippen molar-refractivity contribution in [3.63, 3.8) is 0 Å². The molecule has 0 N–H and O–H groups in total. The van der Waals surface area contributed by atoms with Crippen LogP contribution in [0.4, 0.5) is 5.69 Å². The number of benzene rings is 2. The summed E-state index contributed by atoms with van der Waals surface area (Å²) in [7, 11) is 0. The summed E-state index contributed by atoms with van der Waals surface area (Å²) < 4.78 is 5.90. The molecule has 0 fully saturated rings. The number of aliphatic imine (C=N–C) groups is 1. The lowest BCUT2D eigenvalue weighted by Gasteiger charge is -2.01. The van der Waals surface area contributed by atoms with Crippen molar-refractivity contribution in [2.24, 2.45) is 4.99 Å². The van der Waals surface area contributed by atoms with Crippen molar-refractivity contribution in [3.05, 3.63) is 78.9 Å². The van der Waals surface area contributed by atoms with Crippen LogP contribution in [0.25, 0.3) is 6.08 Å². The fraction of sp³-hybridized carbons (Fsp3) is 0. The molecule has 1 aliphatic heterocycles. The number of carbonyl (C=O) groups is 1. The largest absolute Gasteiger partial charge is 0.402 e. The smallest absolute Gasteiger partial charge is 0.363 e. The van der Waals surface area contributed by atoms with Crippen LogP contribution in [0.3, 0.4) is 0 Å². The first-order valence-electron chi connectivity index (χ1n) is 6.67. The van der Waals surface area contributed by atoms with E-state index in [-0.39, 0.29) is 22.3 Å². The number of nitro benzene ring substituents is 1. The van der Waals surface area contributed by atoms with Gasteiger partial charge in [-0.05, 0) is 45.8 Å². The van der Waals surface area contributed by atoms with Crippen molar-refractivity contribution in [2.45, 2.75) is 0 Å². The fourth-order valence-electron chi connectivity index (χ4n) is 2.08. The van der Waals surface area contributed by atoms with Crippen molar-refractivity contribution in [2.75, 3.05) is 0 Å². The molecule has 0 atom stereocenters. The molecule has 0 unspecified atom stereocenters. The van der Waals surface area contributed by atoms with Crippen LogP contribution < -0.4 is 0 Å². The Morgan fingerprint density at radius 1 is 1.25 bits per heavy atom. The van der Waals surface area contributed by atoms with Crippen LogP contribution in [0.2, 0.25) is 5.02 Å². The van der Waals surface area contributed by atoms with Gasteiger partial charge in [0.15, 0.2) is 5.70 Å². The summed E-state index contributed by atoms with van der Waals surface area (Å²) in [6.07, 6.45) is 1.41. The Labute approximate surface area is 149 Å². The Balaban J connectivity index is 1.99. The molecular formula is C16H8BrClN2O4. The molecule has 0 amide bonds. The molecule has 2 aromatic carbocycles. The number of nitro groups is 1. The summed E-state index contributed by atoms with van der Waals surface area (Å²) in [6, 6.07) is 11.4. The first-order valence-corrected chi connectivity index (χ1v) is 7.84. The standard InChI is InChI=1S/C16H8BrClN2O4/c17-11-4-2-1-3-10(11)15-19-13(16(21)24-15)7-9-5-6-12(18)14(8-9)20(22)23/h1-8H/b13-7+. The van der Waals surface area contributed by atoms with E-state index < -0.39 is 10.9 Å². The molecule has 0 radical (unpaired) electrons. The minimum atomic E-state index is -0.627. The molecule has 0 aromatic heterocycles. The van der Waals surface area contributed by atoms with Gasteiger partial charge in [0.05, 0.1) is 10.5 Å². The van der Waals surface area contributed by atoms with E-state index in [0.29, 0.717) is 11.1 Å². The van der Waals surface area contributed by atoms with E-state index in [1.54, 1.807) is 24.3 Å². The van der Waals surface area contributed by atoms with E-state index >= 15 is 0 Å². The predicted molar refractivity (Wildman–Crippen MR) is 92.9 cm³/mol. The summed E-state index contributed by atoms with van der Waals surface area (Å²) in [4.78, 5) is 26.5. The highest BCUT2D eigenvalue weighted by Gasteiger charge is 2.25. The van der Waals surface area contributed by atoms with E-state index in [1.165, 1.54) is 18.2 Å². The van der Waals surface area contributed by atoms with Gasteiger partial charge in [0.25, 0.3) is 5.69 Å². The highest BCUT2D eigenvalue weighted by molar-refractivity contribution is 9.10. The molecule has 120 valence electrons. The van der Waals surface area contributed by atoms with Crippen LogP contribution in [0.15, 0.2) is 57.6 Å². The average Bonchev–Trinajstić information content (AvgIpc) is 2.90. The highest BCUT2D eigenvalue weighted by atomic mass is 79.9. The number of hydrogen-bond donors (Lipinski definition) is 0. The van der Waals surface area contributed by atoms with Crippen LogP contribution in [0, 0.1) is 10.1 Å². The number of ether oxygens (including phenoxy) is 1. The minimum Gasteiger partial charge on any atom is -0.402 e. The molecule has 0 saturated heterocycles. The van der Waals surface area contributed by atoms with Crippen molar-refractivity contribution in [1.29, 1.82) is 0 Å². The summed E-state index contributed by atoms with van der Waals surface area (Å²) in [6.45, 7) is 0. The minimum absolute atomic E-state index is 0.0218. The second-order valence-corrected chi connectivity index (χ2v) is 6.05. The Bertz CT molecular complexity index is 924. The number of rotatable bonds is 3. The van der Waals surface area contributed by atoms with Gasteiger partial charge in [0.1, 0.15) is 5.02 Å². The molecule has 0 spiro atoms. The van der Waals surface area contributed by atoms with Crippen LogP contribution in [-0.2, 0) is 9.53 Å². The molecular weight excluding hydrogens is 400 g/mol. The van der Waals surface area contributed by atoms with Gasteiger partial charge in [0.2, 0.25) is 5.90 Å². The second kappa shape index (κ2) is 6.54. The van der Waals surface area contributed by atoms with E-state index in [2.05, 4.69) is 20.9 Å². The Morgan fingerprint density at radius 3 is 2.71 bits per heavy atom. The molecule has 1 heterocycles. The van der Waals surface area contributed by atoms with Gasteiger partial charge in [-0.3, -0.25) is 10.1 Å². The highest BCUT2D eigenvalue weighted by Crippen LogP contribution is 2.28. The lowest BCUT2D eigenvalue weighted by atomic mass is 10.1. The maximum Gasteiger partial charge on any atom is 0.363 e. The number of cyclic esters (lactones) is 1. The average molecular weight is 408 g/mol. The Morgan fingerprint density at radius 2 is 2.00 bits per heavy atom. The van der Waals surface area contributed by atoms with Gasteiger partial charge in [-0.15, -0.1) is 0 Å². The van der Waals surface area contributed by atoms with E-state index in [1.807, 2.05) is 6.07 Å². The fourth-order valence-corrected chi connectivity index (χ4v) is 2.72. The zero-order valence-electron chi connectivity index (χ0n) is 11.9. The zero-order chi connectivity index (χ0) is 17.3. The predicted octanol–water partition coefficient (Wildman–Crippen LogP) is 4.36. The first kappa shape index (κ1) is 16.4. The van der Waals surface area contributed by atoms with Crippen LogP contribution >= 0.6 is 27.5 Å². The molecule has 0 bridgehead atoms. The molecule has 8 heteroatoms. The number of carbonyl (C=O) groups excluding carboxylic acids is 1. The maximum absolute atomic E-state index is 12.0. The van der Waals surface area contributed by atoms with E-state index in [9.17, 15) is 14.9 Å². The van der Waals surface area contributed by atoms with Gasteiger partial charge >= 0.3 is 5.97 Å². The Hall–Kier alpha value is -2.51. The number of esters is 1. The summed E-state index contributed by atoms with van der Waals surface area (Å²) in [5, 5.41) is 10.9. The number of hydrogen-bond acceptors (Lipinski definition) is 5. The van der Waals surface area contributed by atoms with Crippen LogP contribution in [0.5, 0.6) is 0 Å². The van der Waals surface area contributed by atoms with Gasteiger partial charge in [-0.1, -0.05) is 29.8 Å². The molecule has 3 rings (SSSR count). The van der Waals surface area contributed by atoms with Crippen molar-refractivity contribution in [3.8, 4) is 0 Å². The zero-order valence-corrected chi connectivity index (χ0v) is 14.2. The quantitative estimate of drug-likeness (QED) is 0.328. The summed E-state index contributed by atoms with van der Waals surface area (Å²) in [5.74, 6) is -0.458. The normalized spacial score (nSPS) is 15.3. The molecule has 2 aromatic rings. The molecule has 0 aliphatic carbocycles. The van der Waals surface area contributed by atoms with Gasteiger partial charge in [0, 0.05) is 10.5 Å². The monoisotopic (exact) mass is 406 g/mol. The molecule has 6 nitrogen and oxygen atoms in total. The first-order chi connectivity index (χ1) is 11.5. The molecule has 0 saturated carbocycles. The molecule has 24 heavy (non-hydrogen) atoms. The number of nitrogens with zero attached hydrogens (tertiary/aromatic N) is 2. The van der Waals surface area contributed by atoms with E-state index in [4.69, 9.17) is 16.3 Å². The summed E-state index contributed by atoms with van der Waals surface area (Å²) >= 11 is 9.14. The topological polar surface area (TPSA) is 81.8 Å². The number of halogens is 2. The van der Waals surface area contributed by atoms with Crippen molar-refractivity contribution >= 4 is 51.2 Å². The van der Waals surface area contributed by atoms with Crippen LogP contribution in [-0.4, -0.2) is 16.8 Å². The maximum atomic E-state index is 12.0. The second-order valence-electron chi connectivity index (χ2n) is 4.78. The van der Waals surface area contributed by atoms with Gasteiger partial charge < -0.3 is 4.74 Å². The molecule has 1 aliphatic rings.